The molecule has 0 aliphatic carbocycles. The van der Waals surface area contributed by atoms with E-state index in [0.29, 0.717) is 29.2 Å². The van der Waals surface area contributed by atoms with Gasteiger partial charge in [-0.1, -0.05) is 6.07 Å². The number of ether oxygens (including phenoxy) is 1. The normalized spacial score (nSPS) is 10.6. The molecule has 0 bridgehead atoms. The summed E-state index contributed by atoms with van der Waals surface area (Å²) < 4.78 is 12.2. The van der Waals surface area contributed by atoms with Crippen molar-refractivity contribution in [1.82, 2.24) is 19.7 Å². The average molecular weight is 256 g/mol. The zero-order chi connectivity index (χ0) is 13.2. The van der Waals surface area contributed by atoms with Crippen molar-refractivity contribution in [3.63, 3.8) is 0 Å². The number of nitrogens with zero attached hydrogens (tertiary/aromatic N) is 4. The first-order chi connectivity index (χ1) is 9.28. The molecule has 0 fully saturated rings. The van der Waals surface area contributed by atoms with Gasteiger partial charge in [-0.2, -0.15) is 4.68 Å². The number of aromatic nitrogens is 4. The van der Waals surface area contributed by atoms with E-state index < -0.39 is 0 Å². The van der Waals surface area contributed by atoms with Gasteiger partial charge in [-0.3, -0.25) is 0 Å². The number of furan rings is 1. The van der Waals surface area contributed by atoms with Crippen LogP contribution in [0.4, 0.5) is 0 Å². The highest BCUT2D eigenvalue weighted by Crippen LogP contribution is 2.25. The predicted octanol–water partition coefficient (Wildman–Crippen LogP) is 2.24. The average Bonchev–Trinajstić information content (AvgIpc) is 3.05. The van der Waals surface area contributed by atoms with Crippen LogP contribution in [-0.2, 0) is 0 Å². The van der Waals surface area contributed by atoms with Crippen LogP contribution in [0.15, 0.2) is 40.9 Å². The van der Waals surface area contributed by atoms with Gasteiger partial charge in [0.15, 0.2) is 11.6 Å². The lowest BCUT2D eigenvalue weighted by atomic mass is 10.4. The highest BCUT2D eigenvalue weighted by molar-refractivity contribution is 5.51. The Bertz CT molecular complexity index is 688. The highest BCUT2D eigenvalue weighted by Gasteiger charge is 2.16. The molecular formula is C13H12N4O2. The van der Waals surface area contributed by atoms with E-state index in [0.717, 1.165) is 0 Å². The van der Waals surface area contributed by atoms with Crippen molar-refractivity contribution in [2.24, 2.45) is 0 Å². The number of aryl methyl sites for hydroxylation is 1. The number of rotatable bonds is 3. The Morgan fingerprint density at radius 3 is 2.79 bits per heavy atom. The van der Waals surface area contributed by atoms with Crippen molar-refractivity contribution in [3.8, 4) is 23.3 Å². The van der Waals surface area contributed by atoms with Gasteiger partial charge in [0, 0.05) is 12.3 Å². The summed E-state index contributed by atoms with van der Waals surface area (Å²) in [5, 5.41) is 4.33. The molecule has 0 amide bonds. The maximum atomic E-state index is 5.52. The van der Waals surface area contributed by atoms with Crippen LogP contribution in [0.2, 0.25) is 0 Å². The first-order valence-corrected chi connectivity index (χ1v) is 5.77. The van der Waals surface area contributed by atoms with E-state index in [9.17, 15) is 0 Å². The second kappa shape index (κ2) is 4.56. The summed E-state index contributed by atoms with van der Waals surface area (Å²) in [5.41, 5.74) is 0. The van der Waals surface area contributed by atoms with Crippen LogP contribution in [0.25, 0.3) is 17.4 Å². The van der Waals surface area contributed by atoms with Crippen molar-refractivity contribution in [3.05, 3.63) is 42.4 Å². The molecule has 0 unspecified atom stereocenters. The van der Waals surface area contributed by atoms with E-state index >= 15 is 0 Å². The monoisotopic (exact) mass is 256 g/mol. The minimum absolute atomic E-state index is 0.434. The summed E-state index contributed by atoms with van der Waals surface area (Å²) >= 11 is 0. The first kappa shape index (κ1) is 11.5. The summed E-state index contributed by atoms with van der Waals surface area (Å²) in [6.07, 6.45) is 1.71. The Kier molecular flexibility index (Phi) is 2.75. The fourth-order valence-corrected chi connectivity index (χ4v) is 1.76. The predicted molar refractivity (Wildman–Crippen MR) is 68.1 cm³/mol. The molecule has 6 heteroatoms. The summed E-state index contributed by atoms with van der Waals surface area (Å²) in [6.45, 7) is 1.82. The molecule has 0 saturated carbocycles. The number of hydrogen-bond donors (Lipinski definition) is 0. The van der Waals surface area contributed by atoms with Gasteiger partial charge in [-0.15, -0.1) is 5.10 Å². The van der Waals surface area contributed by atoms with Crippen LogP contribution in [0.1, 0.15) is 5.82 Å². The Morgan fingerprint density at radius 2 is 2.11 bits per heavy atom. The van der Waals surface area contributed by atoms with Gasteiger partial charge in [-0.05, 0) is 25.1 Å². The van der Waals surface area contributed by atoms with Crippen LogP contribution in [0, 0.1) is 6.92 Å². The maximum Gasteiger partial charge on any atom is 0.284 e. The summed E-state index contributed by atoms with van der Waals surface area (Å²) in [6, 6.07) is 9.14. The van der Waals surface area contributed by atoms with E-state index in [2.05, 4.69) is 15.1 Å². The molecule has 3 rings (SSSR count). The van der Waals surface area contributed by atoms with E-state index in [1.54, 1.807) is 30.1 Å². The summed E-state index contributed by atoms with van der Waals surface area (Å²) in [7, 11) is 1.55. The molecule has 0 spiro atoms. The van der Waals surface area contributed by atoms with Crippen LogP contribution in [0.3, 0.4) is 0 Å². The topological polar surface area (TPSA) is 66.0 Å². The second-order valence-corrected chi connectivity index (χ2v) is 3.91. The van der Waals surface area contributed by atoms with E-state index in [1.807, 2.05) is 25.1 Å². The minimum atomic E-state index is 0.434. The van der Waals surface area contributed by atoms with Crippen LogP contribution >= 0.6 is 0 Å². The molecule has 19 heavy (non-hydrogen) atoms. The van der Waals surface area contributed by atoms with Gasteiger partial charge >= 0.3 is 0 Å². The quantitative estimate of drug-likeness (QED) is 0.719. The van der Waals surface area contributed by atoms with Crippen LogP contribution in [0.5, 0.6) is 5.95 Å². The van der Waals surface area contributed by atoms with Crippen LogP contribution < -0.4 is 4.74 Å². The van der Waals surface area contributed by atoms with Crippen molar-refractivity contribution in [2.45, 2.75) is 6.92 Å². The van der Waals surface area contributed by atoms with Gasteiger partial charge in [0.25, 0.3) is 5.95 Å². The molecule has 0 radical (unpaired) electrons. The molecular weight excluding hydrogens is 244 g/mol. The molecule has 0 atom stereocenters. The van der Waals surface area contributed by atoms with Crippen molar-refractivity contribution in [1.29, 1.82) is 0 Å². The van der Waals surface area contributed by atoms with E-state index in [-0.39, 0.29) is 0 Å². The Labute approximate surface area is 109 Å². The van der Waals surface area contributed by atoms with Crippen molar-refractivity contribution in [2.75, 3.05) is 7.11 Å². The standard InChI is InChI=1S/C13H12N4O2/c1-9-15-13(10-6-7-12(18-2)19-10)17(16-9)11-5-3-4-8-14-11/h3-8H,1-2H3. The Hall–Kier alpha value is -2.63. The van der Waals surface area contributed by atoms with E-state index in [4.69, 9.17) is 9.15 Å². The van der Waals surface area contributed by atoms with E-state index in [1.165, 1.54) is 0 Å². The third kappa shape index (κ3) is 2.08. The van der Waals surface area contributed by atoms with Crippen LogP contribution in [-0.4, -0.2) is 26.9 Å². The molecule has 3 heterocycles. The van der Waals surface area contributed by atoms with Crippen molar-refractivity contribution < 1.29 is 9.15 Å². The highest BCUT2D eigenvalue weighted by atomic mass is 16.6. The minimum Gasteiger partial charge on any atom is -0.468 e. The van der Waals surface area contributed by atoms with Gasteiger partial charge in [0.2, 0.25) is 5.82 Å². The zero-order valence-corrected chi connectivity index (χ0v) is 10.6. The summed E-state index contributed by atoms with van der Waals surface area (Å²) in [5.74, 6) is 2.95. The third-order valence-electron chi connectivity index (χ3n) is 2.58. The number of methoxy groups -OCH3 is 1. The third-order valence-corrected chi connectivity index (χ3v) is 2.58. The first-order valence-electron chi connectivity index (χ1n) is 5.77. The fraction of sp³-hybridized carbons (Fsp3) is 0.154. The van der Waals surface area contributed by atoms with Gasteiger partial charge in [0.05, 0.1) is 7.11 Å². The van der Waals surface area contributed by atoms with Gasteiger partial charge < -0.3 is 9.15 Å². The molecule has 96 valence electrons. The second-order valence-electron chi connectivity index (χ2n) is 3.91. The molecule has 6 nitrogen and oxygen atoms in total. The lowest BCUT2D eigenvalue weighted by molar-refractivity contribution is 0.308. The van der Waals surface area contributed by atoms with Gasteiger partial charge in [0.1, 0.15) is 5.82 Å². The number of pyridine rings is 1. The van der Waals surface area contributed by atoms with Gasteiger partial charge in [-0.25, -0.2) is 9.97 Å². The molecule has 0 aliphatic heterocycles. The fourth-order valence-electron chi connectivity index (χ4n) is 1.76. The largest absolute Gasteiger partial charge is 0.468 e. The Balaban J connectivity index is 2.12. The SMILES string of the molecule is COc1ccc(-c2nc(C)nn2-c2ccccn2)o1. The number of hydrogen-bond acceptors (Lipinski definition) is 5. The molecule has 3 aromatic rings. The zero-order valence-electron chi connectivity index (χ0n) is 10.6. The summed E-state index contributed by atoms with van der Waals surface area (Å²) in [4.78, 5) is 8.63. The van der Waals surface area contributed by atoms with Crippen molar-refractivity contribution >= 4 is 0 Å². The molecule has 0 N–H and O–H groups in total. The Morgan fingerprint density at radius 1 is 1.21 bits per heavy atom. The lowest BCUT2D eigenvalue weighted by Gasteiger charge is -2.02. The smallest absolute Gasteiger partial charge is 0.284 e. The lowest BCUT2D eigenvalue weighted by Crippen LogP contribution is -2.01. The molecule has 0 aromatic carbocycles. The molecule has 0 aliphatic rings. The molecule has 0 saturated heterocycles. The maximum absolute atomic E-state index is 5.52. The molecule has 3 aromatic heterocycles.